The second-order valence-corrected chi connectivity index (χ2v) is 7.25. The van der Waals surface area contributed by atoms with Crippen molar-refractivity contribution in [1.82, 2.24) is 20.8 Å². The first-order valence-electron chi connectivity index (χ1n) is 7.15. The van der Waals surface area contributed by atoms with Gasteiger partial charge in [0.25, 0.3) is 11.8 Å². The molecule has 1 aromatic heterocycles. The Morgan fingerprint density at radius 1 is 1.32 bits per heavy atom. The number of hydroxylamine groups is 2. The smallest absolute Gasteiger partial charge is 0.309 e. The summed E-state index contributed by atoms with van der Waals surface area (Å²) in [6, 6.07) is -0.726. The Labute approximate surface area is 146 Å². The van der Waals surface area contributed by atoms with E-state index in [1.807, 2.05) is 0 Å². The van der Waals surface area contributed by atoms with Crippen LogP contribution in [-0.4, -0.2) is 59.4 Å². The maximum absolute atomic E-state index is 12.3. The summed E-state index contributed by atoms with van der Waals surface area (Å²) in [6.45, 7) is 0.0743. The number of carbonyl (C=O) groups is 3. The van der Waals surface area contributed by atoms with E-state index in [1.165, 1.54) is 11.3 Å². The summed E-state index contributed by atoms with van der Waals surface area (Å²) in [5.74, 6) is -1.10. The summed E-state index contributed by atoms with van der Waals surface area (Å²) in [6.07, 6.45) is 0.552. The van der Waals surface area contributed by atoms with E-state index in [0.717, 1.165) is 4.90 Å². The number of nitrogens with zero attached hydrogens (tertiary/aromatic N) is 2. The monoisotopic (exact) mass is 390 g/mol. The topological polar surface area (TPSA) is 145 Å². The van der Waals surface area contributed by atoms with Gasteiger partial charge < -0.3 is 4.90 Å². The number of nitrogens with one attached hydrogen (secondary N) is 2. The number of thiophene rings is 1. The lowest BCUT2D eigenvalue weighted by Gasteiger charge is -2.29. The fourth-order valence-electron chi connectivity index (χ4n) is 2.77. The van der Waals surface area contributed by atoms with Gasteiger partial charge in [0.1, 0.15) is 6.04 Å². The summed E-state index contributed by atoms with van der Waals surface area (Å²) in [5.41, 5.74) is 4.89. The molecule has 3 heterocycles. The molecule has 11 nitrogen and oxygen atoms in total. The highest BCUT2D eigenvalue weighted by Crippen LogP contribution is 2.30. The molecule has 0 aromatic carbocycles. The van der Waals surface area contributed by atoms with Gasteiger partial charge in [-0.1, -0.05) is 0 Å². The molecule has 0 aliphatic carbocycles. The Bertz CT molecular complexity index is 794. The molecule has 0 unspecified atom stereocenters. The molecule has 2 aliphatic rings. The van der Waals surface area contributed by atoms with E-state index in [2.05, 4.69) is 15.1 Å². The van der Waals surface area contributed by atoms with Crippen LogP contribution in [0.15, 0.2) is 16.8 Å². The summed E-state index contributed by atoms with van der Waals surface area (Å²) < 4.78 is 34.7. The van der Waals surface area contributed by atoms with Crippen molar-refractivity contribution < 1.29 is 31.6 Å². The molecule has 2 aliphatic heterocycles. The van der Waals surface area contributed by atoms with Crippen LogP contribution >= 0.6 is 11.3 Å². The normalized spacial score (nSPS) is 22.8. The molecule has 25 heavy (non-hydrogen) atoms. The van der Waals surface area contributed by atoms with Crippen molar-refractivity contribution in [2.45, 2.75) is 24.9 Å². The molecule has 2 fully saturated rings. The lowest BCUT2D eigenvalue weighted by Crippen LogP contribution is -2.54. The first-order valence-corrected chi connectivity index (χ1v) is 9.46. The highest BCUT2D eigenvalue weighted by Gasteiger charge is 2.49. The van der Waals surface area contributed by atoms with E-state index in [1.54, 1.807) is 16.8 Å². The number of rotatable bonds is 4. The zero-order valence-corrected chi connectivity index (χ0v) is 14.2. The summed E-state index contributed by atoms with van der Waals surface area (Å²) in [7, 11) is -4.84. The van der Waals surface area contributed by atoms with Gasteiger partial charge in [0, 0.05) is 11.9 Å². The number of piperidine rings is 1. The van der Waals surface area contributed by atoms with Gasteiger partial charge >= 0.3 is 16.4 Å². The van der Waals surface area contributed by atoms with Gasteiger partial charge in [0.05, 0.1) is 11.6 Å². The van der Waals surface area contributed by atoms with Gasteiger partial charge in [-0.05, 0) is 24.3 Å². The largest absolute Gasteiger partial charge is 0.418 e. The van der Waals surface area contributed by atoms with E-state index in [9.17, 15) is 22.8 Å². The molecule has 3 N–H and O–H groups in total. The zero-order chi connectivity index (χ0) is 18.2. The fourth-order valence-corrected chi connectivity index (χ4v) is 3.80. The van der Waals surface area contributed by atoms with Crippen LogP contribution in [-0.2, 0) is 19.5 Å². The first-order chi connectivity index (χ1) is 11.8. The van der Waals surface area contributed by atoms with Crippen molar-refractivity contribution in [3.63, 3.8) is 0 Å². The van der Waals surface area contributed by atoms with Gasteiger partial charge in [0.2, 0.25) is 0 Å². The number of urea groups is 1. The molecule has 136 valence electrons. The number of amides is 4. The summed E-state index contributed by atoms with van der Waals surface area (Å²) in [5, 5.41) is 3.87. The maximum atomic E-state index is 12.3. The van der Waals surface area contributed by atoms with E-state index >= 15 is 0 Å². The molecule has 0 spiro atoms. The number of hydrazine groups is 1. The van der Waals surface area contributed by atoms with Gasteiger partial charge in [-0.2, -0.15) is 24.8 Å². The van der Waals surface area contributed by atoms with Crippen LogP contribution in [0.1, 0.15) is 23.2 Å². The molecular weight excluding hydrogens is 376 g/mol. The minimum absolute atomic E-state index is 0.0743. The molecule has 13 heteroatoms. The first kappa shape index (κ1) is 17.6. The van der Waals surface area contributed by atoms with Gasteiger partial charge in [-0.25, -0.2) is 4.79 Å². The molecule has 0 radical (unpaired) electrons. The molecule has 0 saturated carbocycles. The molecule has 1 aromatic rings. The van der Waals surface area contributed by atoms with Crippen LogP contribution < -0.4 is 10.9 Å². The SMILES string of the molecule is O=C(NNC(=O)[C@@H]1CC[C@@H]2CN1C(=O)N2OS(=O)(=O)O)c1ccsc1. The van der Waals surface area contributed by atoms with Crippen molar-refractivity contribution in [1.29, 1.82) is 0 Å². The lowest BCUT2D eigenvalue weighted by molar-refractivity contribution is -0.126. The van der Waals surface area contributed by atoms with Crippen LogP contribution in [0.5, 0.6) is 0 Å². The third kappa shape index (κ3) is 3.73. The van der Waals surface area contributed by atoms with E-state index < -0.39 is 40.3 Å². The highest BCUT2D eigenvalue weighted by molar-refractivity contribution is 7.80. The third-order valence-electron chi connectivity index (χ3n) is 3.88. The summed E-state index contributed by atoms with van der Waals surface area (Å²) >= 11 is 1.33. The van der Waals surface area contributed by atoms with Crippen molar-refractivity contribution >= 4 is 39.6 Å². The van der Waals surface area contributed by atoms with Crippen LogP contribution in [0.2, 0.25) is 0 Å². The van der Waals surface area contributed by atoms with Gasteiger partial charge in [0.15, 0.2) is 0 Å². The Balaban J connectivity index is 1.61. The Hall–Kier alpha value is -2.22. The second-order valence-electron chi connectivity index (χ2n) is 5.47. The molecular formula is C12H14N4O7S2. The minimum atomic E-state index is -4.84. The lowest BCUT2D eigenvalue weighted by atomic mass is 10.0. The molecule has 2 saturated heterocycles. The maximum Gasteiger partial charge on any atom is 0.418 e. The Morgan fingerprint density at radius 3 is 2.72 bits per heavy atom. The average molecular weight is 390 g/mol. The van der Waals surface area contributed by atoms with Gasteiger partial charge in [-0.3, -0.25) is 25.0 Å². The molecule has 2 bridgehead atoms. The number of hydrogen-bond acceptors (Lipinski definition) is 7. The molecule has 2 atom stereocenters. The summed E-state index contributed by atoms with van der Waals surface area (Å²) in [4.78, 5) is 37.4. The number of fused-ring (bicyclic) bond motifs is 2. The van der Waals surface area contributed by atoms with Crippen LogP contribution in [0.25, 0.3) is 0 Å². The van der Waals surface area contributed by atoms with Crippen LogP contribution in [0.4, 0.5) is 4.79 Å². The van der Waals surface area contributed by atoms with Crippen molar-refractivity contribution in [2.75, 3.05) is 6.54 Å². The predicted octanol–water partition coefficient (Wildman–Crippen LogP) is -0.488. The standard InChI is InChI=1S/C12H14N4O7S2/c17-10(7-3-4-24-6-7)13-14-11(18)9-2-1-8-5-15(9)12(19)16(8)23-25(20,21)22/h3-4,6,8-9H,1-2,5H2,(H,13,17)(H,14,18)(H,20,21,22)/t8-,9+/m1/s1. The van der Waals surface area contributed by atoms with Crippen molar-refractivity contribution in [2.24, 2.45) is 0 Å². The Kier molecular flexibility index (Phi) is 4.64. The van der Waals surface area contributed by atoms with Crippen LogP contribution in [0, 0.1) is 0 Å². The van der Waals surface area contributed by atoms with Crippen molar-refractivity contribution in [3.05, 3.63) is 22.4 Å². The van der Waals surface area contributed by atoms with Gasteiger partial charge in [-0.15, -0.1) is 4.28 Å². The fraction of sp³-hybridized carbons (Fsp3) is 0.417. The molecule has 4 amide bonds. The molecule has 3 rings (SSSR count). The van der Waals surface area contributed by atoms with E-state index in [0.29, 0.717) is 17.0 Å². The number of hydrogen-bond donors (Lipinski definition) is 3. The predicted molar refractivity (Wildman–Crippen MR) is 83.3 cm³/mol. The van der Waals surface area contributed by atoms with Crippen LogP contribution in [0.3, 0.4) is 0 Å². The minimum Gasteiger partial charge on any atom is -0.309 e. The number of carbonyl (C=O) groups excluding carboxylic acids is 3. The van der Waals surface area contributed by atoms with E-state index in [4.69, 9.17) is 4.55 Å². The third-order valence-corrected chi connectivity index (χ3v) is 4.91. The zero-order valence-electron chi connectivity index (χ0n) is 12.6. The average Bonchev–Trinajstić information content (AvgIpc) is 3.16. The quantitative estimate of drug-likeness (QED) is 0.465. The second kappa shape index (κ2) is 6.59. The highest BCUT2D eigenvalue weighted by atomic mass is 32.3. The van der Waals surface area contributed by atoms with E-state index in [-0.39, 0.29) is 13.0 Å². The van der Waals surface area contributed by atoms with Crippen molar-refractivity contribution in [3.8, 4) is 0 Å². The Morgan fingerprint density at radius 2 is 2.08 bits per heavy atom.